The molecule has 0 aliphatic heterocycles. The van der Waals surface area contributed by atoms with Crippen molar-refractivity contribution >= 4 is 11.6 Å². The molecule has 1 aromatic rings. The largest absolute Gasteiger partial charge is 0.237 e. The summed E-state index contributed by atoms with van der Waals surface area (Å²) < 4.78 is 0. The summed E-state index contributed by atoms with van der Waals surface area (Å²) in [5.41, 5.74) is 2.48. The van der Waals surface area contributed by atoms with Gasteiger partial charge < -0.3 is 0 Å². The molecule has 2 nitrogen and oxygen atoms in total. The summed E-state index contributed by atoms with van der Waals surface area (Å²) >= 11 is 6.44. The molecule has 0 amide bonds. The lowest BCUT2D eigenvalue weighted by molar-refractivity contribution is 0.311. The Hall–Kier alpha value is -0.630. The van der Waals surface area contributed by atoms with Crippen LogP contribution in [0, 0.1) is 5.92 Å². The van der Waals surface area contributed by atoms with Gasteiger partial charge in [-0.25, -0.2) is 9.97 Å². The Morgan fingerprint density at radius 1 is 1.00 bits per heavy atom. The van der Waals surface area contributed by atoms with Gasteiger partial charge in [0.05, 0.1) is 0 Å². The highest BCUT2D eigenvalue weighted by atomic mass is 35.5. The smallest absolute Gasteiger partial charge is 0.136 e. The first-order valence-corrected chi connectivity index (χ1v) is 8.71. The van der Waals surface area contributed by atoms with E-state index in [2.05, 4.69) is 11.9 Å². The summed E-state index contributed by atoms with van der Waals surface area (Å²) in [5.74, 6) is 2.50. The van der Waals surface area contributed by atoms with Crippen LogP contribution in [0.4, 0.5) is 0 Å². The van der Waals surface area contributed by atoms with Crippen LogP contribution in [0.2, 0.25) is 5.15 Å². The van der Waals surface area contributed by atoms with Gasteiger partial charge in [0, 0.05) is 17.2 Å². The maximum Gasteiger partial charge on any atom is 0.136 e. The van der Waals surface area contributed by atoms with Gasteiger partial charge in [0.15, 0.2) is 0 Å². The van der Waals surface area contributed by atoms with E-state index in [0.29, 0.717) is 5.92 Å². The molecule has 0 saturated heterocycles. The van der Waals surface area contributed by atoms with Crippen LogP contribution in [0.1, 0.15) is 81.3 Å². The van der Waals surface area contributed by atoms with Crippen molar-refractivity contribution in [2.24, 2.45) is 5.92 Å². The molecule has 3 rings (SSSR count). The second kappa shape index (κ2) is 6.43. The number of fused-ring (bicyclic) bond motifs is 1. The van der Waals surface area contributed by atoms with Gasteiger partial charge >= 0.3 is 0 Å². The van der Waals surface area contributed by atoms with Crippen LogP contribution in [-0.4, -0.2) is 9.97 Å². The van der Waals surface area contributed by atoms with Crippen molar-refractivity contribution in [2.75, 3.05) is 0 Å². The van der Waals surface area contributed by atoms with E-state index >= 15 is 0 Å². The van der Waals surface area contributed by atoms with Crippen LogP contribution in [-0.2, 0) is 12.8 Å². The molecule has 0 aromatic carbocycles. The molecule has 3 heteroatoms. The molecule has 0 N–H and O–H groups in total. The lowest BCUT2D eigenvalue weighted by atomic mass is 9.80. The normalized spacial score (nSPS) is 26.9. The number of hydrogen-bond acceptors (Lipinski definition) is 2. The van der Waals surface area contributed by atoms with Gasteiger partial charge in [-0.15, -0.1) is 0 Å². The summed E-state index contributed by atoms with van der Waals surface area (Å²) in [4.78, 5) is 9.57. The third kappa shape index (κ3) is 3.00. The minimum atomic E-state index is 0.545. The van der Waals surface area contributed by atoms with E-state index in [4.69, 9.17) is 16.6 Å². The molecule has 0 atom stereocenters. The average Bonchev–Trinajstić information content (AvgIpc) is 2.73. The van der Waals surface area contributed by atoms with Crippen molar-refractivity contribution in [2.45, 2.75) is 77.0 Å². The Balaban J connectivity index is 1.81. The highest BCUT2D eigenvalue weighted by molar-refractivity contribution is 6.30. The molecule has 1 fully saturated rings. The minimum absolute atomic E-state index is 0.545. The van der Waals surface area contributed by atoms with Crippen molar-refractivity contribution in [3.8, 4) is 0 Å². The van der Waals surface area contributed by atoms with Gasteiger partial charge in [-0.1, -0.05) is 31.4 Å². The standard InChI is InChI=1S/C17H25ClN2/c1-2-12-8-10-13(11-9-12)17-19-15-7-5-3-4-6-14(15)16(18)20-17/h12-13H,2-11H2,1H3. The van der Waals surface area contributed by atoms with Crippen LogP contribution in [0.5, 0.6) is 0 Å². The second-order valence-corrected chi connectivity index (χ2v) is 6.84. The Kier molecular flexibility index (Phi) is 4.60. The number of aromatic nitrogens is 2. The van der Waals surface area contributed by atoms with Gasteiger partial charge in [0.2, 0.25) is 0 Å². The van der Waals surface area contributed by atoms with E-state index in [0.717, 1.165) is 29.7 Å². The zero-order valence-corrected chi connectivity index (χ0v) is 13.3. The monoisotopic (exact) mass is 292 g/mol. The molecular formula is C17H25ClN2. The third-order valence-corrected chi connectivity index (χ3v) is 5.50. The van der Waals surface area contributed by atoms with Crippen LogP contribution in [0.3, 0.4) is 0 Å². The molecule has 0 unspecified atom stereocenters. The van der Waals surface area contributed by atoms with Crippen molar-refractivity contribution in [1.82, 2.24) is 9.97 Å². The first-order valence-electron chi connectivity index (χ1n) is 8.33. The first kappa shape index (κ1) is 14.3. The van der Waals surface area contributed by atoms with Gasteiger partial charge in [-0.05, 0) is 57.3 Å². The van der Waals surface area contributed by atoms with E-state index in [1.807, 2.05) is 0 Å². The van der Waals surface area contributed by atoms with Gasteiger partial charge in [0.1, 0.15) is 11.0 Å². The van der Waals surface area contributed by atoms with E-state index in [1.54, 1.807) is 0 Å². The topological polar surface area (TPSA) is 25.8 Å². The van der Waals surface area contributed by atoms with Gasteiger partial charge in [-0.3, -0.25) is 0 Å². The Bertz CT molecular complexity index is 464. The summed E-state index contributed by atoms with van der Waals surface area (Å²) in [5, 5.41) is 0.740. The molecular weight excluding hydrogens is 268 g/mol. The summed E-state index contributed by atoms with van der Waals surface area (Å²) in [6.45, 7) is 2.31. The van der Waals surface area contributed by atoms with E-state index in [1.165, 1.54) is 62.6 Å². The van der Waals surface area contributed by atoms with Crippen molar-refractivity contribution in [1.29, 1.82) is 0 Å². The fourth-order valence-electron chi connectivity index (χ4n) is 3.75. The average molecular weight is 293 g/mol. The number of halogens is 1. The quantitative estimate of drug-likeness (QED) is 0.561. The Labute approximate surface area is 127 Å². The first-order chi connectivity index (χ1) is 9.78. The predicted octanol–water partition coefficient (Wildman–Crippen LogP) is 5.08. The summed E-state index contributed by atoms with van der Waals surface area (Å²) in [6.07, 6.45) is 12.4. The van der Waals surface area contributed by atoms with E-state index < -0.39 is 0 Å². The van der Waals surface area contributed by atoms with E-state index in [-0.39, 0.29) is 0 Å². The van der Waals surface area contributed by atoms with Crippen LogP contribution in [0.25, 0.3) is 0 Å². The van der Waals surface area contributed by atoms with Crippen molar-refractivity contribution in [3.63, 3.8) is 0 Å². The fourth-order valence-corrected chi connectivity index (χ4v) is 4.04. The third-order valence-electron chi connectivity index (χ3n) is 5.19. The van der Waals surface area contributed by atoms with Gasteiger partial charge in [0.25, 0.3) is 0 Å². The zero-order chi connectivity index (χ0) is 13.9. The summed E-state index contributed by atoms with van der Waals surface area (Å²) in [7, 11) is 0. The van der Waals surface area contributed by atoms with E-state index in [9.17, 15) is 0 Å². The maximum atomic E-state index is 6.44. The Morgan fingerprint density at radius 3 is 2.50 bits per heavy atom. The zero-order valence-electron chi connectivity index (χ0n) is 12.5. The van der Waals surface area contributed by atoms with Crippen LogP contribution < -0.4 is 0 Å². The lowest BCUT2D eigenvalue weighted by Crippen LogP contribution is -2.16. The maximum absolute atomic E-state index is 6.44. The molecule has 1 aromatic heterocycles. The Morgan fingerprint density at radius 2 is 1.75 bits per heavy atom. The predicted molar refractivity (Wildman–Crippen MR) is 83.3 cm³/mol. The van der Waals surface area contributed by atoms with Crippen LogP contribution in [0.15, 0.2) is 0 Å². The second-order valence-electron chi connectivity index (χ2n) is 6.48. The van der Waals surface area contributed by atoms with Crippen LogP contribution >= 0.6 is 11.6 Å². The number of hydrogen-bond donors (Lipinski definition) is 0. The molecule has 0 radical (unpaired) electrons. The van der Waals surface area contributed by atoms with Crippen molar-refractivity contribution < 1.29 is 0 Å². The number of nitrogens with zero attached hydrogens (tertiary/aromatic N) is 2. The SMILES string of the molecule is CCC1CCC(c2nc(Cl)c3c(n2)CCCCC3)CC1. The summed E-state index contributed by atoms with van der Waals surface area (Å²) in [6, 6.07) is 0. The molecule has 110 valence electrons. The molecule has 2 aliphatic carbocycles. The fraction of sp³-hybridized carbons (Fsp3) is 0.765. The number of rotatable bonds is 2. The van der Waals surface area contributed by atoms with Crippen molar-refractivity contribution in [3.05, 3.63) is 22.2 Å². The van der Waals surface area contributed by atoms with Gasteiger partial charge in [-0.2, -0.15) is 0 Å². The molecule has 0 bridgehead atoms. The lowest BCUT2D eigenvalue weighted by Gasteiger charge is -2.27. The minimum Gasteiger partial charge on any atom is -0.237 e. The molecule has 0 spiro atoms. The molecule has 2 aliphatic rings. The highest BCUT2D eigenvalue weighted by Crippen LogP contribution is 2.37. The molecule has 1 heterocycles. The molecule has 20 heavy (non-hydrogen) atoms. The number of aryl methyl sites for hydroxylation is 1. The molecule has 1 saturated carbocycles. The highest BCUT2D eigenvalue weighted by Gasteiger charge is 2.25.